The second-order valence-electron chi connectivity index (χ2n) is 7.59. The van der Waals surface area contributed by atoms with Crippen LogP contribution in [0.4, 0.5) is 14.5 Å². The molecule has 3 aromatic carbocycles. The van der Waals surface area contributed by atoms with E-state index in [-0.39, 0.29) is 5.69 Å². The molecule has 5 rings (SSSR count). The zero-order valence-electron chi connectivity index (χ0n) is 18.2. The van der Waals surface area contributed by atoms with Crippen LogP contribution in [-0.4, -0.2) is 21.1 Å². The average molecular weight is 485 g/mol. The molecule has 1 amide bonds. The van der Waals surface area contributed by atoms with Crippen molar-refractivity contribution in [1.29, 1.82) is 0 Å². The van der Waals surface area contributed by atoms with Gasteiger partial charge < -0.3 is 5.32 Å². The number of benzene rings is 3. The first-order valence-corrected chi connectivity index (χ1v) is 11.5. The molecule has 0 saturated carbocycles. The van der Waals surface area contributed by atoms with E-state index in [1.54, 1.807) is 18.3 Å². The molecule has 2 N–H and O–H groups in total. The summed E-state index contributed by atoms with van der Waals surface area (Å²) in [5, 5.41) is 11.0. The summed E-state index contributed by atoms with van der Waals surface area (Å²) in [4.78, 5) is 18.8. The first kappa shape index (κ1) is 22.5. The van der Waals surface area contributed by atoms with Crippen LogP contribution in [0.1, 0.15) is 21.7 Å². The number of rotatable bonds is 6. The number of nitrogens with zero attached hydrogens (tertiary/aromatic N) is 2. The Bertz CT molecular complexity index is 1550. The third-order valence-electron chi connectivity index (χ3n) is 5.20. The average Bonchev–Trinajstić information content (AvgIpc) is 3.28. The molecule has 0 unspecified atom stereocenters. The van der Waals surface area contributed by atoms with Crippen LogP contribution in [0.3, 0.4) is 0 Å². The van der Waals surface area contributed by atoms with E-state index in [0.717, 1.165) is 44.2 Å². The topological polar surface area (TPSA) is 70.7 Å². The summed E-state index contributed by atoms with van der Waals surface area (Å²) >= 11 is 1.42. The van der Waals surface area contributed by atoms with E-state index in [1.807, 2.05) is 60.7 Å². The second kappa shape index (κ2) is 9.90. The zero-order chi connectivity index (χ0) is 24.2. The Hall–Kier alpha value is -4.30. The Morgan fingerprint density at radius 3 is 2.60 bits per heavy atom. The molecule has 2 aromatic heterocycles. The van der Waals surface area contributed by atoms with Crippen LogP contribution in [0.15, 0.2) is 94.9 Å². The summed E-state index contributed by atoms with van der Waals surface area (Å²) in [7, 11) is 0. The van der Waals surface area contributed by atoms with E-state index in [9.17, 15) is 13.6 Å². The number of H-pyrrole nitrogens is 1. The number of hydrogen-bond acceptors (Lipinski definition) is 4. The number of carbonyl (C=O) groups excluding carboxylic acids is 1. The summed E-state index contributed by atoms with van der Waals surface area (Å²) in [5.74, 6) is -2.40. The fourth-order valence-corrected chi connectivity index (χ4v) is 4.48. The standard InChI is InChI=1S/C27H18F2N4OS/c28-22-12-8-18(15-23(22)29)31-27(34)21-6-1-2-7-26(21)35-19-10-11-20-24(32-33-25(20)16-19)13-9-17-5-3-4-14-30-17/h1-16H,(H,31,34)(H,32,33)/b13-9+. The highest BCUT2D eigenvalue weighted by Gasteiger charge is 2.14. The number of aromatic nitrogens is 3. The number of nitrogens with one attached hydrogen (secondary N) is 2. The summed E-state index contributed by atoms with van der Waals surface area (Å²) < 4.78 is 26.7. The largest absolute Gasteiger partial charge is 0.322 e. The number of carbonyl (C=O) groups is 1. The fourth-order valence-electron chi connectivity index (χ4n) is 3.49. The van der Waals surface area contributed by atoms with Crippen LogP contribution in [-0.2, 0) is 0 Å². The Kier molecular flexibility index (Phi) is 6.36. The number of pyridine rings is 1. The van der Waals surface area contributed by atoms with E-state index in [0.29, 0.717) is 5.56 Å². The molecule has 0 saturated heterocycles. The normalized spacial score (nSPS) is 11.3. The van der Waals surface area contributed by atoms with Crippen molar-refractivity contribution in [2.75, 3.05) is 5.32 Å². The molecule has 2 heterocycles. The minimum atomic E-state index is -1.02. The number of hydrogen-bond donors (Lipinski definition) is 2. The zero-order valence-corrected chi connectivity index (χ0v) is 19.0. The van der Waals surface area contributed by atoms with Crippen LogP contribution in [0.2, 0.25) is 0 Å². The number of fused-ring (bicyclic) bond motifs is 1. The lowest BCUT2D eigenvalue weighted by Gasteiger charge is -2.10. The number of aromatic amines is 1. The summed E-state index contributed by atoms with van der Waals surface area (Å²) in [6.45, 7) is 0. The van der Waals surface area contributed by atoms with Gasteiger partial charge >= 0.3 is 0 Å². The van der Waals surface area contributed by atoms with Gasteiger partial charge in [-0.05, 0) is 66.7 Å². The van der Waals surface area contributed by atoms with E-state index < -0.39 is 17.5 Å². The van der Waals surface area contributed by atoms with Gasteiger partial charge in [-0.1, -0.05) is 30.0 Å². The van der Waals surface area contributed by atoms with Crippen molar-refractivity contribution in [3.05, 3.63) is 114 Å². The Balaban J connectivity index is 1.36. The van der Waals surface area contributed by atoms with Crippen molar-refractivity contribution < 1.29 is 13.6 Å². The number of halogens is 2. The monoisotopic (exact) mass is 484 g/mol. The highest BCUT2D eigenvalue weighted by Crippen LogP contribution is 2.33. The smallest absolute Gasteiger partial charge is 0.256 e. The van der Waals surface area contributed by atoms with Gasteiger partial charge in [0.2, 0.25) is 0 Å². The molecule has 5 nitrogen and oxygen atoms in total. The van der Waals surface area contributed by atoms with Gasteiger partial charge in [-0.15, -0.1) is 0 Å². The van der Waals surface area contributed by atoms with Gasteiger partial charge in [0.15, 0.2) is 11.6 Å². The molecule has 8 heteroatoms. The first-order valence-electron chi connectivity index (χ1n) is 10.7. The van der Waals surface area contributed by atoms with Crippen molar-refractivity contribution >= 4 is 46.4 Å². The van der Waals surface area contributed by atoms with Gasteiger partial charge in [-0.2, -0.15) is 5.10 Å². The van der Waals surface area contributed by atoms with Crippen molar-refractivity contribution in [2.24, 2.45) is 0 Å². The summed E-state index contributed by atoms with van der Waals surface area (Å²) in [6.07, 6.45) is 5.55. The first-order chi connectivity index (χ1) is 17.1. The molecular formula is C27H18F2N4OS. The van der Waals surface area contributed by atoms with Crippen molar-refractivity contribution in [3.63, 3.8) is 0 Å². The highest BCUT2D eigenvalue weighted by atomic mass is 32.2. The number of anilines is 1. The molecule has 172 valence electrons. The molecule has 0 atom stereocenters. The Labute approximate surface area is 203 Å². The van der Waals surface area contributed by atoms with Crippen molar-refractivity contribution in [1.82, 2.24) is 15.2 Å². The Morgan fingerprint density at radius 2 is 1.77 bits per heavy atom. The third-order valence-corrected chi connectivity index (χ3v) is 6.27. The summed E-state index contributed by atoms with van der Waals surface area (Å²) in [5.41, 5.74) is 3.10. The fraction of sp³-hybridized carbons (Fsp3) is 0. The van der Waals surface area contributed by atoms with E-state index in [2.05, 4.69) is 20.5 Å². The molecule has 0 spiro atoms. The lowest BCUT2D eigenvalue weighted by molar-refractivity contribution is 0.102. The molecule has 5 aromatic rings. The van der Waals surface area contributed by atoms with Gasteiger partial charge in [0.25, 0.3) is 5.91 Å². The maximum Gasteiger partial charge on any atom is 0.256 e. The molecule has 35 heavy (non-hydrogen) atoms. The maximum absolute atomic E-state index is 13.5. The van der Waals surface area contributed by atoms with Gasteiger partial charge in [-0.25, -0.2) is 8.78 Å². The summed E-state index contributed by atoms with van der Waals surface area (Å²) in [6, 6.07) is 22.0. The third kappa shape index (κ3) is 5.12. The molecule has 0 radical (unpaired) electrons. The molecule has 0 aliphatic rings. The Morgan fingerprint density at radius 1 is 0.914 bits per heavy atom. The SMILES string of the molecule is O=C(Nc1ccc(F)c(F)c1)c1ccccc1Sc1ccc2c(/C=C/c3ccccn3)n[nH]c2c1. The maximum atomic E-state index is 13.5. The van der Waals surface area contributed by atoms with Gasteiger partial charge in [0.05, 0.1) is 22.5 Å². The van der Waals surface area contributed by atoms with E-state index >= 15 is 0 Å². The van der Waals surface area contributed by atoms with Crippen LogP contribution >= 0.6 is 11.8 Å². The lowest BCUT2D eigenvalue weighted by Crippen LogP contribution is -2.13. The number of amides is 1. The lowest BCUT2D eigenvalue weighted by atomic mass is 10.2. The van der Waals surface area contributed by atoms with Crippen LogP contribution < -0.4 is 5.32 Å². The predicted molar refractivity (Wildman–Crippen MR) is 134 cm³/mol. The second-order valence-corrected chi connectivity index (χ2v) is 8.70. The molecule has 0 aliphatic carbocycles. The van der Waals surface area contributed by atoms with Gasteiger partial charge in [0, 0.05) is 33.1 Å². The highest BCUT2D eigenvalue weighted by molar-refractivity contribution is 7.99. The molecule has 0 aliphatic heterocycles. The molecular weight excluding hydrogens is 466 g/mol. The van der Waals surface area contributed by atoms with Crippen LogP contribution in [0.5, 0.6) is 0 Å². The van der Waals surface area contributed by atoms with E-state index in [1.165, 1.54) is 17.8 Å². The minimum Gasteiger partial charge on any atom is -0.322 e. The van der Waals surface area contributed by atoms with E-state index in [4.69, 9.17) is 0 Å². The predicted octanol–water partition coefficient (Wildman–Crippen LogP) is 6.81. The van der Waals surface area contributed by atoms with Crippen molar-refractivity contribution in [3.8, 4) is 0 Å². The van der Waals surface area contributed by atoms with Crippen LogP contribution in [0, 0.1) is 11.6 Å². The molecule has 0 fully saturated rings. The molecule has 0 bridgehead atoms. The van der Waals surface area contributed by atoms with Gasteiger partial charge in [-0.3, -0.25) is 14.9 Å². The van der Waals surface area contributed by atoms with Crippen LogP contribution in [0.25, 0.3) is 23.1 Å². The quantitative estimate of drug-likeness (QED) is 0.278. The van der Waals surface area contributed by atoms with Crippen molar-refractivity contribution in [2.45, 2.75) is 9.79 Å². The van der Waals surface area contributed by atoms with Gasteiger partial charge in [0.1, 0.15) is 0 Å². The minimum absolute atomic E-state index is 0.180.